The first kappa shape index (κ1) is 18.8. The number of hydrogen-bond donors (Lipinski definition) is 3. The number of hydrogen-bond acceptors (Lipinski definition) is 3. The lowest BCUT2D eigenvalue weighted by atomic mass is 9.94. The lowest BCUT2D eigenvalue weighted by Gasteiger charge is -2.30. The molecule has 0 radical (unpaired) electrons. The number of rotatable bonds is 3. The van der Waals surface area contributed by atoms with Gasteiger partial charge in [-0.3, -0.25) is 9.69 Å². The third kappa shape index (κ3) is 3.94. The molecule has 8 heteroatoms. The van der Waals surface area contributed by atoms with E-state index >= 15 is 0 Å². The van der Waals surface area contributed by atoms with Crippen LogP contribution in [-0.4, -0.2) is 44.2 Å². The number of anilines is 1. The average Bonchev–Trinajstić information content (AvgIpc) is 2.96. The Labute approximate surface area is 152 Å². The van der Waals surface area contributed by atoms with Gasteiger partial charge in [-0.2, -0.15) is 0 Å². The highest BCUT2D eigenvalue weighted by Gasteiger charge is 2.26. The van der Waals surface area contributed by atoms with Crippen LogP contribution in [0.15, 0.2) is 18.2 Å². The van der Waals surface area contributed by atoms with Crippen molar-refractivity contribution < 1.29 is 9.59 Å². The van der Waals surface area contributed by atoms with Gasteiger partial charge in [0.1, 0.15) is 0 Å². The van der Waals surface area contributed by atoms with Crippen LogP contribution in [0.3, 0.4) is 0 Å². The lowest BCUT2D eigenvalue weighted by molar-refractivity contribution is 0.0915. The number of benzene rings is 1. The molecule has 24 heavy (non-hydrogen) atoms. The maximum atomic E-state index is 12.6. The van der Waals surface area contributed by atoms with E-state index in [1.807, 2.05) is 0 Å². The van der Waals surface area contributed by atoms with E-state index in [1.54, 1.807) is 23.1 Å². The van der Waals surface area contributed by atoms with Crippen molar-refractivity contribution in [2.75, 3.05) is 31.1 Å². The first-order valence-corrected chi connectivity index (χ1v) is 8.30. The molecule has 6 nitrogen and oxygen atoms in total. The summed E-state index contributed by atoms with van der Waals surface area (Å²) in [5.74, 6) is 0.225. The fourth-order valence-corrected chi connectivity index (χ4v) is 3.21. The Bertz CT molecular complexity index is 626. The number of nitrogens with zero attached hydrogens (tertiary/aromatic N) is 1. The molecule has 2 fully saturated rings. The summed E-state index contributed by atoms with van der Waals surface area (Å²) in [6.45, 7) is 5.07. The van der Waals surface area contributed by atoms with Crippen LogP contribution in [0.1, 0.15) is 23.7 Å². The van der Waals surface area contributed by atoms with Gasteiger partial charge in [0.15, 0.2) is 0 Å². The van der Waals surface area contributed by atoms with E-state index in [1.165, 1.54) is 0 Å². The molecular weight excluding hydrogens is 351 g/mol. The molecule has 3 N–H and O–H groups in total. The molecule has 0 bridgehead atoms. The van der Waals surface area contributed by atoms with Crippen LogP contribution in [-0.2, 0) is 0 Å². The van der Waals surface area contributed by atoms with Gasteiger partial charge in [-0.25, -0.2) is 4.79 Å². The average molecular weight is 373 g/mol. The molecule has 0 saturated carbocycles. The van der Waals surface area contributed by atoms with Gasteiger partial charge in [-0.1, -0.05) is 18.5 Å². The standard InChI is InChI=1S/C16H21ClN4O2.ClH/c1-10-4-5-18-9-14(10)20-15(22)12-8-11(2-3-13(12)17)21-7-6-19-16(21)23;/h2-3,8,10,14,18H,4-7,9H2,1H3,(H,19,23)(H,20,22);1H. The van der Waals surface area contributed by atoms with Gasteiger partial charge < -0.3 is 16.0 Å². The van der Waals surface area contributed by atoms with Crippen molar-refractivity contribution in [3.63, 3.8) is 0 Å². The monoisotopic (exact) mass is 372 g/mol. The summed E-state index contributed by atoms with van der Waals surface area (Å²) in [6.07, 6.45) is 1.03. The van der Waals surface area contributed by atoms with Crippen LogP contribution >= 0.6 is 24.0 Å². The number of halogens is 2. The van der Waals surface area contributed by atoms with E-state index in [4.69, 9.17) is 11.6 Å². The number of urea groups is 1. The van der Waals surface area contributed by atoms with Crippen molar-refractivity contribution in [2.45, 2.75) is 19.4 Å². The van der Waals surface area contributed by atoms with Gasteiger partial charge in [-0.15, -0.1) is 12.4 Å². The minimum Gasteiger partial charge on any atom is -0.348 e. The Morgan fingerprint density at radius 1 is 1.38 bits per heavy atom. The van der Waals surface area contributed by atoms with Crippen LogP contribution in [0.5, 0.6) is 0 Å². The Morgan fingerprint density at radius 3 is 2.83 bits per heavy atom. The van der Waals surface area contributed by atoms with E-state index in [2.05, 4.69) is 22.9 Å². The molecule has 1 aromatic carbocycles. The van der Waals surface area contributed by atoms with Crippen LogP contribution in [0.4, 0.5) is 10.5 Å². The highest BCUT2D eigenvalue weighted by atomic mass is 35.5. The molecule has 3 rings (SSSR count). The maximum absolute atomic E-state index is 12.6. The summed E-state index contributed by atoms with van der Waals surface area (Å²) in [5.41, 5.74) is 1.09. The zero-order chi connectivity index (χ0) is 16.4. The van der Waals surface area contributed by atoms with Gasteiger partial charge >= 0.3 is 6.03 Å². The zero-order valence-corrected chi connectivity index (χ0v) is 15.0. The number of piperidine rings is 1. The molecular formula is C16H22Cl2N4O2. The van der Waals surface area contributed by atoms with Gasteiger partial charge in [0.2, 0.25) is 0 Å². The molecule has 2 unspecified atom stereocenters. The van der Waals surface area contributed by atoms with Crippen molar-refractivity contribution in [3.8, 4) is 0 Å². The molecule has 2 aliphatic rings. The summed E-state index contributed by atoms with van der Waals surface area (Å²) < 4.78 is 0. The minimum absolute atomic E-state index is 0. The Kier molecular flexibility index (Phi) is 6.32. The number of amides is 3. The second-order valence-corrected chi connectivity index (χ2v) is 6.50. The molecule has 0 aliphatic carbocycles. The topological polar surface area (TPSA) is 73.5 Å². The van der Waals surface area contributed by atoms with Crippen molar-refractivity contribution >= 4 is 41.6 Å². The van der Waals surface area contributed by atoms with Crippen molar-refractivity contribution in [2.24, 2.45) is 5.92 Å². The first-order valence-electron chi connectivity index (χ1n) is 7.93. The molecule has 2 saturated heterocycles. The summed E-state index contributed by atoms with van der Waals surface area (Å²) in [7, 11) is 0. The predicted octanol–water partition coefficient (Wildman–Crippen LogP) is 2.02. The second kappa shape index (κ2) is 8.05. The van der Waals surface area contributed by atoms with Crippen molar-refractivity contribution in [3.05, 3.63) is 28.8 Å². The molecule has 2 heterocycles. The van der Waals surface area contributed by atoms with Gasteiger partial charge in [0.25, 0.3) is 5.91 Å². The molecule has 0 spiro atoms. The Balaban J connectivity index is 0.00000208. The normalized spacial score (nSPS) is 23.4. The molecule has 2 aliphatic heterocycles. The smallest absolute Gasteiger partial charge is 0.321 e. The van der Waals surface area contributed by atoms with Crippen LogP contribution in [0.2, 0.25) is 5.02 Å². The first-order chi connectivity index (χ1) is 11.1. The quantitative estimate of drug-likeness (QED) is 0.759. The van der Waals surface area contributed by atoms with Gasteiger partial charge in [0, 0.05) is 31.4 Å². The SMILES string of the molecule is CC1CCNCC1NC(=O)c1cc(N2CCNC2=O)ccc1Cl.Cl. The van der Waals surface area contributed by atoms with Crippen LogP contribution in [0, 0.1) is 5.92 Å². The third-order valence-electron chi connectivity index (χ3n) is 4.51. The van der Waals surface area contributed by atoms with E-state index in [-0.39, 0.29) is 30.4 Å². The molecule has 3 amide bonds. The Morgan fingerprint density at radius 2 is 2.17 bits per heavy atom. The van der Waals surface area contributed by atoms with Crippen LogP contribution in [0.25, 0.3) is 0 Å². The highest BCUT2D eigenvalue weighted by Crippen LogP contribution is 2.25. The summed E-state index contributed by atoms with van der Waals surface area (Å²) >= 11 is 6.19. The molecule has 0 aromatic heterocycles. The van der Waals surface area contributed by atoms with E-state index in [0.29, 0.717) is 35.3 Å². The number of carbonyl (C=O) groups is 2. The summed E-state index contributed by atoms with van der Waals surface area (Å²) in [5, 5.41) is 9.48. The van der Waals surface area contributed by atoms with Crippen LogP contribution < -0.4 is 20.9 Å². The second-order valence-electron chi connectivity index (χ2n) is 6.10. The van der Waals surface area contributed by atoms with Crippen molar-refractivity contribution in [1.82, 2.24) is 16.0 Å². The van der Waals surface area contributed by atoms with Crippen molar-refractivity contribution in [1.29, 1.82) is 0 Å². The highest BCUT2D eigenvalue weighted by molar-refractivity contribution is 6.34. The summed E-state index contributed by atoms with van der Waals surface area (Å²) in [4.78, 5) is 26.0. The largest absolute Gasteiger partial charge is 0.348 e. The summed E-state index contributed by atoms with van der Waals surface area (Å²) in [6, 6.07) is 5.05. The molecule has 132 valence electrons. The fourth-order valence-electron chi connectivity index (χ4n) is 3.00. The fraction of sp³-hybridized carbons (Fsp3) is 0.500. The number of nitrogens with one attached hydrogen (secondary N) is 3. The van der Waals surface area contributed by atoms with E-state index in [0.717, 1.165) is 19.5 Å². The Hall–Kier alpha value is -1.50. The van der Waals surface area contributed by atoms with E-state index < -0.39 is 0 Å². The number of carbonyl (C=O) groups excluding carboxylic acids is 2. The maximum Gasteiger partial charge on any atom is 0.321 e. The predicted molar refractivity (Wildman–Crippen MR) is 97.3 cm³/mol. The lowest BCUT2D eigenvalue weighted by Crippen LogP contribution is -2.50. The van der Waals surface area contributed by atoms with E-state index in [9.17, 15) is 9.59 Å². The molecule has 1 aromatic rings. The minimum atomic E-state index is -0.197. The van der Waals surface area contributed by atoms with Gasteiger partial charge in [-0.05, 0) is 37.1 Å². The third-order valence-corrected chi connectivity index (χ3v) is 4.84. The zero-order valence-electron chi connectivity index (χ0n) is 13.5. The van der Waals surface area contributed by atoms with Gasteiger partial charge in [0.05, 0.1) is 10.6 Å². The molecule has 2 atom stereocenters.